The lowest BCUT2D eigenvalue weighted by atomic mass is 10.1. The highest BCUT2D eigenvalue weighted by Crippen LogP contribution is 2.30. The molecule has 0 spiro atoms. The minimum absolute atomic E-state index is 0.0393. The molecular formula is C17H17NO3. The summed E-state index contributed by atoms with van der Waals surface area (Å²) in [5.74, 6) is 0.826. The molecule has 0 fully saturated rings. The number of para-hydroxylation sites is 1. The molecule has 1 atom stereocenters. The smallest absolute Gasteiger partial charge is 0.159 e. The molecule has 0 saturated heterocycles. The summed E-state index contributed by atoms with van der Waals surface area (Å²) in [6.07, 6.45) is -0.264. The molecule has 0 unspecified atom stereocenters. The maximum Gasteiger partial charge on any atom is 0.159 e. The van der Waals surface area contributed by atoms with Crippen molar-refractivity contribution in [2.45, 2.75) is 19.6 Å². The Kier molecular flexibility index (Phi) is 3.73. The zero-order valence-corrected chi connectivity index (χ0v) is 11.8. The first-order valence-corrected chi connectivity index (χ1v) is 6.93. The number of fused-ring (bicyclic) bond motifs is 1. The molecule has 0 aliphatic carbocycles. The van der Waals surface area contributed by atoms with Crippen LogP contribution in [0.1, 0.15) is 34.5 Å². The molecule has 0 bridgehead atoms. The number of hydroxylamine groups is 2. The molecular weight excluding hydrogens is 266 g/mol. The van der Waals surface area contributed by atoms with Crippen LogP contribution in [0.2, 0.25) is 0 Å². The molecule has 1 heterocycles. The quantitative estimate of drug-likeness (QED) is 0.860. The molecule has 21 heavy (non-hydrogen) atoms. The molecule has 0 aromatic heterocycles. The van der Waals surface area contributed by atoms with E-state index in [0.29, 0.717) is 18.7 Å². The van der Waals surface area contributed by atoms with Crippen LogP contribution in [0.15, 0.2) is 48.5 Å². The number of hydrogen-bond donors (Lipinski definition) is 1. The number of carbonyl (C=O) groups is 1. The molecule has 0 saturated carbocycles. The van der Waals surface area contributed by atoms with E-state index in [-0.39, 0.29) is 11.9 Å². The third-order valence-corrected chi connectivity index (χ3v) is 3.66. The van der Waals surface area contributed by atoms with Crippen molar-refractivity contribution in [1.29, 1.82) is 0 Å². The number of rotatable bonds is 2. The van der Waals surface area contributed by atoms with Crippen LogP contribution in [0, 0.1) is 0 Å². The van der Waals surface area contributed by atoms with E-state index in [2.05, 4.69) is 0 Å². The predicted molar refractivity (Wildman–Crippen MR) is 78.5 cm³/mol. The minimum atomic E-state index is -0.264. The van der Waals surface area contributed by atoms with Gasteiger partial charge in [-0.15, -0.1) is 0 Å². The first-order valence-electron chi connectivity index (χ1n) is 6.93. The van der Waals surface area contributed by atoms with E-state index < -0.39 is 0 Å². The summed E-state index contributed by atoms with van der Waals surface area (Å²) in [5.41, 5.74) is 2.58. The molecule has 108 valence electrons. The van der Waals surface area contributed by atoms with E-state index in [1.165, 1.54) is 5.06 Å². The van der Waals surface area contributed by atoms with Crippen LogP contribution in [0.3, 0.4) is 0 Å². The van der Waals surface area contributed by atoms with Gasteiger partial charge in [0.15, 0.2) is 5.78 Å². The van der Waals surface area contributed by atoms with Gasteiger partial charge >= 0.3 is 0 Å². The van der Waals surface area contributed by atoms with E-state index >= 15 is 0 Å². The van der Waals surface area contributed by atoms with Gasteiger partial charge < -0.3 is 9.94 Å². The van der Waals surface area contributed by atoms with Gasteiger partial charge in [0.1, 0.15) is 11.9 Å². The summed E-state index contributed by atoms with van der Waals surface area (Å²) in [5, 5.41) is 11.3. The fraction of sp³-hybridized carbons (Fsp3) is 0.235. The van der Waals surface area contributed by atoms with Crippen LogP contribution in [0.5, 0.6) is 5.75 Å². The molecule has 1 aliphatic rings. The van der Waals surface area contributed by atoms with Crippen LogP contribution < -0.4 is 4.74 Å². The Labute approximate surface area is 123 Å². The number of carbonyl (C=O) groups excluding carboxylic acids is 1. The molecule has 1 N–H and O–H groups in total. The molecule has 3 rings (SSSR count). The Hall–Kier alpha value is -2.17. The first kappa shape index (κ1) is 13.8. The summed E-state index contributed by atoms with van der Waals surface area (Å²) < 4.78 is 6.03. The van der Waals surface area contributed by atoms with Gasteiger partial charge in [-0.05, 0) is 18.6 Å². The monoisotopic (exact) mass is 283 g/mol. The van der Waals surface area contributed by atoms with Crippen molar-refractivity contribution in [3.63, 3.8) is 0 Å². The van der Waals surface area contributed by atoms with E-state index in [1.54, 1.807) is 19.1 Å². The molecule has 0 amide bonds. The summed E-state index contributed by atoms with van der Waals surface area (Å²) in [6, 6.07) is 15.0. The summed E-state index contributed by atoms with van der Waals surface area (Å²) in [7, 11) is 0. The van der Waals surface area contributed by atoms with E-state index in [1.807, 2.05) is 36.4 Å². The molecule has 0 radical (unpaired) electrons. The molecule has 2 aromatic rings. The number of hydrogen-bond acceptors (Lipinski definition) is 4. The Morgan fingerprint density at radius 1 is 1.19 bits per heavy atom. The van der Waals surface area contributed by atoms with E-state index in [0.717, 1.165) is 16.9 Å². The Morgan fingerprint density at radius 2 is 1.90 bits per heavy atom. The average Bonchev–Trinajstić information content (AvgIpc) is 2.65. The number of ether oxygens (including phenoxy) is 1. The highest BCUT2D eigenvalue weighted by atomic mass is 16.5. The van der Waals surface area contributed by atoms with Gasteiger partial charge in [0.2, 0.25) is 0 Å². The van der Waals surface area contributed by atoms with Gasteiger partial charge in [0.25, 0.3) is 0 Å². The van der Waals surface area contributed by atoms with Gasteiger partial charge in [0.05, 0.1) is 13.1 Å². The lowest BCUT2D eigenvalue weighted by Crippen LogP contribution is -2.24. The fourth-order valence-electron chi connectivity index (χ4n) is 2.50. The summed E-state index contributed by atoms with van der Waals surface area (Å²) in [6.45, 7) is 2.37. The fourth-order valence-corrected chi connectivity index (χ4v) is 2.50. The topological polar surface area (TPSA) is 49.8 Å². The highest BCUT2D eigenvalue weighted by molar-refractivity contribution is 5.94. The zero-order valence-electron chi connectivity index (χ0n) is 11.8. The van der Waals surface area contributed by atoms with Gasteiger partial charge in [-0.25, -0.2) is 0 Å². The number of Topliss-reactive ketones (excluding diaryl/α,β-unsaturated/α-hetero) is 1. The second-order valence-corrected chi connectivity index (χ2v) is 5.24. The van der Waals surface area contributed by atoms with Crippen LogP contribution in [0.25, 0.3) is 0 Å². The Balaban J connectivity index is 1.90. The van der Waals surface area contributed by atoms with Crippen molar-refractivity contribution >= 4 is 5.78 Å². The summed E-state index contributed by atoms with van der Waals surface area (Å²) in [4.78, 5) is 11.3. The molecule has 4 heteroatoms. The van der Waals surface area contributed by atoms with E-state index in [9.17, 15) is 10.0 Å². The SMILES string of the molecule is CC(=O)c1ccc([C@H]2CN(O)Cc3ccccc3O2)cc1. The van der Waals surface area contributed by atoms with Crippen LogP contribution in [-0.2, 0) is 6.54 Å². The first-order chi connectivity index (χ1) is 10.1. The van der Waals surface area contributed by atoms with Crippen molar-refractivity contribution in [3.05, 3.63) is 65.2 Å². The standard InChI is InChI=1S/C17H17NO3/c1-12(19)13-6-8-14(9-7-13)17-11-18(20)10-15-4-2-3-5-16(15)21-17/h2-9,17,20H,10-11H2,1H3/t17-/m1/s1. The Morgan fingerprint density at radius 3 is 2.62 bits per heavy atom. The van der Waals surface area contributed by atoms with Crippen molar-refractivity contribution in [1.82, 2.24) is 5.06 Å². The van der Waals surface area contributed by atoms with Gasteiger partial charge in [-0.2, -0.15) is 5.06 Å². The second-order valence-electron chi connectivity index (χ2n) is 5.24. The van der Waals surface area contributed by atoms with Gasteiger partial charge in [0, 0.05) is 11.1 Å². The lowest BCUT2D eigenvalue weighted by Gasteiger charge is -2.19. The second kappa shape index (κ2) is 5.68. The predicted octanol–water partition coefficient (Wildman–Crippen LogP) is 3.21. The van der Waals surface area contributed by atoms with Gasteiger partial charge in [-0.3, -0.25) is 4.79 Å². The molecule has 2 aromatic carbocycles. The normalized spacial score (nSPS) is 18.5. The third-order valence-electron chi connectivity index (χ3n) is 3.66. The third kappa shape index (κ3) is 2.96. The van der Waals surface area contributed by atoms with Crippen molar-refractivity contribution in [2.75, 3.05) is 6.54 Å². The van der Waals surface area contributed by atoms with E-state index in [4.69, 9.17) is 4.74 Å². The molecule has 1 aliphatic heterocycles. The van der Waals surface area contributed by atoms with Crippen LogP contribution >= 0.6 is 0 Å². The number of ketones is 1. The van der Waals surface area contributed by atoms with Crippen molar-refractivity contribution < 1.29 is 14.7 Å². The largest absolute Gasteiger partial charge is 0.484 e. The maximum atomic E-state index is 11.3. The van der Waals surface area contributed by atoms with Crippen LogP contribution in [-0.4, -0.2) is 22.6 Å². The van der Waals surface area contributed by atoms with Crippen LogP contribution in [0.4, 0.5) is 0 Å². The lowest BCUT2D eigenvalue weighted by molar-refractivity contribution is -0.112. The minimum Gasteiger partial charge on any atom is -0.484 e. The van der Waals surface area contributed by atoms with Gasteiger partial charge in [-0.1, -0.05) is 42.5 Å². The molecule has 4 nitrogen and oxygen atoms in total. The highest BCUT2D eigenvalue weighted by Gasteiger charge is 2.23. The zero-order chi connectivity index (χ0) is 14.8. The Bertz CT molecular complexity index is 651. The maximum absolute atomic E-state index is 11.3. The van der Waals surface area contributed by atoms with Crippen molar-refractivity contribution in [2.24, 2.45) is 0 Å². The summed E-state index contributed by atoms with van der Waals surface area (Å²) >= 11 is 0. The number of benzene rings is 2. The average molecular weight is 283 g/mol. The number of nitrogens with zero attached hydrogens (tertiary/aromatic N) is 1. The van der Waals surface area contributed by atoms with Crippen molar-refractivity contribution in [3.8, 4) is 5.75 Å².